The average Bonchev–Trinajstić information content (AvgIpc) is 2.62. The minimum absolute atomic E-state index is 0.0229. The summed E-state index contributed by atoms with van der Waals surface area (Å²) in [6.07, 6.45) is 1.80. The summed E-state index contributed by atoms with van der Waals surface area (Å²) in [5, 5.41) is 10.1. The van der Waals surface area contributed by atoms with Crippen LogP contribution in [0.5, 0.6) is 5.75 Å². The van der Waals surface area contributed by atoms with Gasteiger partial charge in [-0.3, -0.25) is 4.79 Å². The lowest BCUT2D eigenvalue weighted by Crippen LogP contribution is -1.94. The van der Waals surface area contributed by atoms with Gasteiger partial charge in [-0.15, -0.1) is 0 Å². The minimum atomic E-state index is -0.0229. The van der Waals surface area contributed by atoms with Gasteiger partial charge in [0.05, 0.1) is 10.9 Å². The fourth-order valence-electron chi connectivity index (χ4n) is 1.47. The van der Waals surface area contributed by atoms with Crippen LogP contribution in [0, 0.1) is 0 Å². The van der Waals surface area contributed by atoms with Crippen molar-refractivity contribution in [2.75, 3.05) is 0 Å². The molecule has 72 valence electrons. The van der Waals surface area contributed by atoms with Crippen LogP contribution < -0.4 is 0 Å². The molecule has 0 aliphatic carbocycles. The molecule has 3 nitrogen and oxygen atoms in total. The summed E-state index contributed by atoms with van der Waals surface area (Å²) in [5.74, 6) is 0.0679. The Kier molecular flexibility index (Phi) is 2.00. The van der Waals surface area contributed by atoms with E-state index < -0.39 is 0 Å². The highest BCUT2D eigenvalue weighted by Gasteiger charge is 2.14. The van der Waals surface area contributed by atoms with Gasteiger partial charge < -0.3 is 9.52 Å². The van der Waals surface area contributed by atoms with E-state index in [1.807, 2.05) is 0 Å². The van der Waals surface area contributed by atoms with E-state index in [2.05, 4.69) is 0 Å². The fourth-order valence-corrected chi connectivity index (χ4v) is 1.47. The zero-order chi connectivity index (χ0) is 10.1. The lowest BCUT2D eigenvalue weighted by molar-refractivity contribution is 0.0988. The Morgan fingerprint density at radius 2 is 2.29 bits per heavy atom. The Bertz CT molecular complexity index is 482. The molecular formula is C11H10O3. The minimum Gasteiger partial charge on any atom is -0.507 e. The predicted octanol–water partition coefficient (Wildman–Crippen LogP) is 2.73. The number of phenols is 1. The lowest BCUT2D eigenvalue weighted by atomic mass is 10.1. The number of hydrogen-bond acceptors (Lipinski definition) is 3. The predicted molar refractivity (Wildman–Crippen MR) is 52.5 cm³/mol. The molecule has 0 fully saturated rings. The molecule has 1 aromatic heterocycles. The van der Waals surface area contributed by atoms with Crippen molar-refractivity contribution in [1.29, 1.82) is 0 Å². The summed E-state index contributed by atoms with van der Waals surface area (Å²) in [5.41, 5.74) is 1.00. The molecule has 0 radical (unpaired) electrons. The zero-order valence-corrected chi connectivity index (χ0v) is 7.78. The normalized spacial score (nSPS) is 10.6. The van der Waals surface area contributed by atoms with Crippen LogP contribution in [0.15, 0.2) is 28.9 Å². The topological polar surface area (TPSA) is 50.4 Å². The van der Waals surface area contributed by atoms with Gasteiger partial charge >= 0.3 is 0 Å². The SMILES string of the molecule is CCC(=O)c1coc2cccc(O)c12. The monoisotopic (exact) mass is 190 g/mol. The van der Waals surface area contributed by atoms with Crippen molar-refractivity contribution in [3.63, 3.8) is 0 Å². The Balaban J connectivity index is 2.73. The van der Waals surface area contributed by atoms with Crippen LogP contribution in [-0.2, 0) is 0 Å². The van der Waals surface area contributed by atoms with Crippen molar-refractivity contribution in [2.24, 2.45) is 0 Å². The van der Waals surface area contributed by atoms with E-state index in [1.54, 1.807) is 25.1 Å². The second-order valence-corrected chi connectivity index (χ2v) is 3.08. The Morgan fingerprint density at radius 1 is 1.50 bits per heavy atom. The van der Waals surface area contributed by atoms with Gasteiger partial charge in [0.1, 0.15) is 17.6 Å². The molecular weight excluding hydrogens is 180 g/mol. The van der Waals surface area contributed by atoms with Gasteiger partial charge in [0.25, 0.3) is 0 Å². The van der Waals surface area contributed by atoms with E-state index >= 15 is 0 Å². The van der Waals surface area contributed by atoms with E-state index in [9.17, 15) is 9.90 Å². The molecule has 0 aliphatic rings. The van der Waals surface area contributed by atoms with Crippen LogP contribution in [-0.4, -0.2) is 10.9 Å². The maximum atomic E-state index is 11.5. The number of furan rings is 1. The molecule has 1 heterocycles. The molecule has 2 rings (SSSR count). The third-order valence-electron chi connectivity index (χ3n) is 2.20. The van der Waals surface area contributed by atoms with Crippen LogP contribution in [0.4, 0.5) is 0 Å². The molecule has 1 aromatic carbocycles. The van der Waals surface area contributed by atoms with Gasteiger partial charge in [-0.1, -0.05) is 13.0 Å². The largest absolute Gasteiger partial charge is 0.507 e. The molecule has 0 spiro atoms. The summed E-state index contributed by atoms with van der Waals surface area (Å²) < 4.78 is 5.17. The highest BCUT2D eigenvalue weighted by molar-refractivity contribution is 6.08. The quantitative estimate of drug-likeness (QED) is 0.740. The molecule has 0 bridgehead atoms. The molecule has 0 atom stereocenters. The van der Waals surface area contributed by atoms with Crippen LogP contribution >= 0.6 is 0 Å². The van der Waals surface area contributed by atoms with Crippen LogP contribution in [0.25, 0.3) is 11.0 Å². The fraction of sp³-hybridized carbons (Fsp3) is 0.182. The Hall–Kier alpha value is -1.77. The highest BCUT2D eigenvalue weighted by atomic mass is 16.3. The summed E-state index contributed by atoms with van der Waals surface area (Å²) in [6, 6.07) is 4.95. The molecule has 0 saturated carbocycles. The smallest absolute Gasteiger partial charge is 0.166 e. The van der Waals surface area contributed by atoms with Crippen LogP contribution in [0.1, 0.15) is 23.7 Å². The van der Waals surface area contributed by atoms with Crippen molar-refractivity contribution < 1.29 is 14.3 Å². The highest BCUT2D eigenvalue weighted by Crippen LogP contribution is 2.30. The van der Waals surface area contributed by atoms with Crippen LogP contribution in [0.3, 0.4) is 0 Å². The van der Waals surface area contributed by atoms with E-state index in [4.69, 9.17) is 4.42 Å². The van der Waals surface area contributed by atoms with Crippen molar-refractivity contribution >= 4 is 16.8 Å². The van der Waals surface area contributed by atoms with Crippen molar-refractivity contribution in [3.8, 4) is 5.75 Å². The number of phenolic OH excluding ortho intramolecular Hbond substituents is 1. The zero-order valence-electron chi connectivity index (χ0n) is 7.78. The number of hydrogen-bond donors (Lipinski definition) is 1. The van der Waals surface area contributed by atoms with Gasteiger partial charge in [0.2, 0.25) is 0 Å². The molecule has 1 N–H and O–H groups in total. The van der Waals surface area contributed by atoms with Gasteiger partial charge in [0, 0.05) is 6.42 Å². The number of benzene rings is 1. The Labute approximate surface area is 81.0 Å². The van der Waals surface area contributed by atoms with E-state index in [1.165, 1.54) is 6.26 Å². The van der Waals surface area contributed by atoms with E-state index in [-0.39, 0.29) is 11.5 Å². The molecule has 0 amide bonds. The Morgan fingerprint density at radius 3 is 3.00 bits per heavy atom. The first kappa shape index (κ1) is 8.81. The molecule has 0 saturated heterocycles. The maximum absolute atomic E-state index is 11.5. The van der Waals surface area contributed by atoms with E-state index in [0.29, 0.717) is 23.0 Å². The molecule has 0 unspecified atom stereocenters. The number of carbonyl (C=O) groups excluding carboxylic acids is 1. The van der Waals surface area contributed by atoms with Gasteiger partial charge in [0.15, 0.2) is 5.78 Å². The van der Waals surface area contributed by atoms with Crippen LogP contribution in [0.2, 0.25) is 0 Å². The molecule has 2 aromatic rings. The number of rotatable bonds is 2. The first-order chi connectivity index (χ1) is 6.74. The number of Topliss-reactive ketones (excluding diaryl/α,β-unsaturated/α-hetero) is 1. The van der Waals surface area contributed by atoms with Crippen molar-refractivity contribution in [2.45, 2.75) is 13.3 Å². The number of aromatic hydroxyl groups is 1. The second-order valence-electron chi connectivity index (χ2n) is 3.08. The third kappa shape index (κ3) is 1.18. The summed E-state index contributed by atoms with van der Waals surface area (Å²) in [4.78, 5) is 11.5. The number of carbonyl (C=O) groups is 1. The van der Waals surface area contributed by atoms with Gasteiger partial charge in [-0.25, -0.2) is 0 Å². The summed E-state index contributed by atoms with van der Waals surface area (Å²) in [6.45, 7) is 1.78. The molecule has 0 aliphatic heterocycles. The maximum Gasteiger partial charge on any atom is 0.166 e. The first-order valence-corrected chi connectivity index (χ1v) is 4.46. The van der Waals surface area contributed by atoms with Crippen molar-refractivity contribution in [1.82, 2.24) is 0 Å². The van der Waals surface area contributed by atoms with Gasteiger partial charge in [-0.05, 0) is 12.1 Å². The standard InChI is InChI=1S/C11H10O3/c1-2-8(12)7-6-14-10-5-3-4-9(13)11(7)10/h3-6,13H,2H2,1H3. The summed E-state index contributed by atoms with van der Waals surface area (Å²) in [7, 11) is 0. The number of fused-ring (bicyclic) bond motifs is 1. The summed E-state index contributed by atoms with van der Waals surface area (Å²) >= 11 is 0. The first-order valence-electron chi connectivity index (χ1n) is 4.46. The molecule has 3 heteroatoms. The average molecular weight is 190 g/mol. The van der Waals surface area contributed by atoms with Gasteiger partial charge in [-0.2, -0.15) is 0 Å². The van der Waals surface area contributed by atoms with E-state index in [0.717, 1.165) is 0 Å². The number of ketones is 1. The second kappa shape index (κ2) is 3.18. The molecule has 14 heavy (non-hydrogen) atoms. The third-order valence-corrected chi connectivity index (χ3v) is 2.20. The lowest BCUT2D eigenvalue weighted by Gasteiger charge is -1.96. The van der Waals surface area contributed by atoms with Crippen molar-refractivity contribution in [3.05, 3.63) is 30.0 Å².